The number of hydrogen-bond donors (Lipinski definition) is 2. The monoisotopic (exact) mass is 354 g/mol. The molecule has 0 spiro atoms. The number of ether oxygens (including phenoxy) is 1. The predicted molar refractivity (Wildman–Crippen MR) is 91.2 cm³/mol. The maximum absolute atomic E-state index is 12.0. The lowest BCUT2D eigenvalue weighted by atomic mass is 10.2. The van der Waals surface area contributed by atoms with Crippen LogP contribution in [0.3, 0.4) is 0 Å². The number of hydrogen-bond acceptors (Lipinski definition) is 7. The zero-order valence-corrected chi connectivity index (χ0v) is 14.7. The first-order chi connectivity index (χ1) is 11.0. The number of thiazole rings is 2. The van der Waals surface area contributed by atoms with E-state index < -0.39 is 0 Å². The lowest BCUT2D eigenvalue weighted by molar-refractivity contribution is -0.119. The number of carbonyl (C=O) groups is 2. The fraction of sp³-hybridized carbons (Fsp3) is 0.429. The summed E-state index contributed by atoms with van der Waals surface area (Å²) in [4.78, 5) is 32.9. The summed E-state index contributed by atoms with van der Waals surface area (Å²) in [6.07, 6.45) is 1.91. The second-order valence-electron chi connectivity index (χ2n) is 5.07. The molecule has 2 heterocycles. The summed E-state index contributed by atoms with van der Waals surface area (Å²) in [7, 11) is 1.44. The zero-order valence-electron chi connectivity index (χ0n) is 13.1. The molecule has 124 valence electrons. The average Bonchev–Trinajstić information content (AvgIpc) is 3.09. The van der Waals surface area contributed by atoms with Crippen LogP contribution in [0.5, 0.6) is 0 Å². The van der Waals surface area contributed by atoms with E-state index in [2.05, 4.69) is 34.4 Å². The molecule has 9 heteroatoms. The van der Waals surface area contributed by atoms with E-state index in [0.717, 1.165) is 4.88 Å². The van der Waals surface area contributed by atoms with Crippen molar-refractivity contribution in [3.63, 3.8) is 0 Å². The highest BCUT2D eigenvalue weighted by molar-refractivity contribution is 7.15. The zero-order chi connectivity index (χ0) is 16.8. The Balaban J connectivity index is 1.87. The Morgan fingerprint density at radius 3 is 2.65 bits per heavy atom. The molecule has 0 saturated heterocycles. The Morgan fingerprint density at radius 2 is 2.00 bits per heavy atom. The van der Waals surface area contributed by atoms with Gasteiger partial charge in [-0.1, -0.05) is 13.8 Å². The largest absolute Gasteiger partial charge is 0.375 e. The molecule has 0 unspecified atom stereocenters. The van der Waals surface area contributed by atoms with Crippen LogP contribution in [0.1, 0.15) is 30.3 Å². The fourth-order valence-electron chi connectivity index (χ4n) is 1.67. The summed E-state index contributed by atoms with van der Waals surface area (Å²) >= 11 is 2.74. The summed E-state index contributed by atoms with van der Waals surface area (Å²) in [5, 5.41) is 8.14. The number of carbonyl (C=O) groups excluding carboxylic acids is 2. The smallest absolute Gasteiger partial charge is 0.252 e. The van der Waals surface area contributed by atoms with E-state index in [4.69, 9.17) is 4.74 Å². The summed E-state index contributed by atoms with van der Waals surface area (Å²) in [6, 6.07) is 0. The van der Waals surface area contributed by atoms with Crippen molar-refractivity contribution in [1.29, 1.82) is 0 Å². The Labute approximate surface area is 142 Å². The molecule has 0 aliphatic heterocycles. The number of nitrogens with zero attached hydrogens (tertiary/aromatic N) is 2. The first-order valence-corrected chi connectivity index (χ1v) is 8.66. The lowest BCUT2D eigenvalue weighted by Gasteiger charge is -2.00. The van der Waals surface area contributed by atoms with Gasteiger partial charge in [-0.2, -0.15) is 0 Å². The normalized spacial score (nSPS) is 10.8. The van der Waals surface area contributed by atoms with Gasteiger partial charge in [-0.25, -0.2) is 9.97 Å². The summed E-state index contributed by atoms with van der Waals surface area (Å²) in [5.74, 6) is -0.0773. The molecule has 2 N–H and O–H groups in total. The Morgan fingerprint density at radius 1 is 1.26 bits per heavy atom. The van der Waals surface area contributed by atoms with Crippen LogP contribution in [0, 0.1) is 0 Å². The summed E-state index contributed by atoms with van der Waals surface area (Å²) in [6.45, 7) is 4.12. The van der Waals surface area contributed by atoms with Gasteiger partial charge in [0.05, 0.1) is 12.1 Å². The van der Waals surface area contributed by atoms with Crippen LogP contribution in [0.4, 0.5) is 10.3 Å². The highest BCUT2D eigenvalue weighted by atomic mass is 32.1. The van der Waals surface area contributed by atoms with Crippen molar-refractivity contribution >= 4 is 44.8 Å². The van der Waals surface area contributed by atoms with Crippen molar-refractivity contribution in [2.24, 2.45) is 0 Å². The van der Waals surface area contributed by atoms with Gasteiger partial charge in [0, 0.05) is 23.6 Å². The first kappa shape index (κ1) is 17.5. The minimum atomic E-state index is -0.276. The van der Waals surface area contributed by atoms with Crippen LogP contribution in [0.15, 0.2) is 11.6 Å². The van der Waals surface area contributed by atoms with Gasteiger partial charge in [0.1, 0.15) is 6.61 Å². The van der Waals surface area contributed by atoms with Gasteiger partial charge >= 0.3 is 0 Å². The van der Waals surface area contributed by atoms with E-state index in [1.165, 1.54) is 29.8 Å². The second-order valence-corrected chi connectivity index (χ2v) is 6.99. The SMILES string of the molecule is COCC(=O)Nc1nc(CC(=O)Nc2ncc(C(C)C)s2)cs1. The van der Waals surface area contributed by atoms with Crippen molar-refractivity contribution in [2.75, 3.05) is 24.4 Å². The molecule has 23 heavy (non-hydrogen) atoms. The van der Waals surface area contributed by atoms with Gasteiger partial charge in [-0.05, 0) is 5.92 Å². The van der Waals surface area contributed by atoms with E-state index in [0.29, 0.717) is 21.9 Å². The number of nitrogens with one attached hydrogen (secondary N) is 2. The molecule has 0 aliphatic carbocycles. The van der Waals surface area contributed by atoms with Gasteiger partial charge in [0.25, 0.3) is 5.91 Å². The molecule has 2 aromatic heterocycles. The Kier molecular flexibility index (Phi) is 6.20. The van der Waals surface area contributed by atoms with Crippen molar-refractivity contribution in [1.82, 2.24) is 9.97 Å². The van der Waals surface area contributed by atoms with E-state index in [1.807, 2.05) is 0 Å². The molecular formula is C14H18N4O3S2. The minimum absolute atomic E-state index is 0.0301. The van der Waals surface area contributed by atoms with Crippen LogP contribution in [0.2, 0.25) is 0 Å². The average molecular weight is 354 g/mol. The molecule has 2 amide bonds. The molecule has 2 aromatic rings. The van der Waals surface area contributed by atoms with Gasteiger partial charge in [-0.15, -0.1) is 22.7 Å². The van der Waals surface area contributed by atoms with Gasteiger partial charge < -0.3 is 10.1 Å². The maximum atomic E-state index is 12.0. The van der Waals surface area contributed by atoms with Crippen molar-refractivity contribution in [2.45, 2.75) is 26.2 Å². The molecule has 0 radical (unpaired) electrons. The number of aromatic nitrogens is 2. The molecular weight excluding hydrogens is 336 g/mol. The van der Waals surface area contributed by atoms with Crippen LogP contribution < -0.4 is 10.6 Å². The Hall–Kier alpha value is -1.84. The predicted octanol–water partition coefficient (Wildman–Crippen LogP) is 2.49. The number of anilines is 2. The highest BCUT2D eigenvalue weighted by Gasteiger charge is 2.12. The molecule has 0 fully saturated rings. The third kappa shape index (κ3) is 5.38. The van der Waals surface area contributed by atoms with Crippen molar-refractivity contribution in [3.8, 4) is 0 Å². The van der Waals surface area contributed by atoms with E-state index >= 15 is 0 Å². The first-order valence-electron chi connectivity index (χ1n) is 6.96. The molecule has 0 aromatic carbocycles. The summed E-state index contributed by atoms with van der Waals surface area (Å²) in [5.41, 5.74) is 0.598. The van der Waals surface area contributed by atoms with Crippen molar-refractivity contribution < 1.29 is 14.3 Å². The van der Waals surface area contributed by atoms with E-state index in [9.17, 15) is 9.59 Å². The molecule has 2 rings (SSSR count). The number of rotatable bonds is 7. The second kappa shape index (κ2) is 8.14. The third-order valence-electron chi connectivity index (χ3n) is 2.75. The van der Waals surface area contributed by atoms with Crippen LogP contribution in [-0.4, -0.2) is 35.5 Å². The Bertz CT molecular complexity index is 681. The van der Waals surface area contributed by atoms with Crippen LogP contribution in [0.25, 0.3) is 0 Å². The van der Waals surface area contributed by atoms with Gasteiger partial charge in [-0.3, -0.25) is 14.9 Å². The van der Waals surface area contributed by atoms with Crippen LogP contribution >= 0.6 is 22.7 Å². The number of amides is 2. The summed E-state index contributed by atoms with van der Waals surface area (Å²) < 4.78 is 4.73. The molecule has 0 saturated carbocycles. The van der Waals surface area contributed by atoms with Gasteiger partial charge in [0.15, 0.2) is 10.3 Å². The molecule has 7 nitrogen and oxygen atoms in total. The lowest BCUT2D eigenvalue weighted by Crippen LogP contribution is -2.17. The fourth-order valence-corrected chi connectivity index (χ4v) is 3.23. The molecule has 0 bridgehead atoms. The topological polar surface area (TPSA) is 93.2 Å². The maximum Gasteiger partial charge on any atom is 0.252 e. The van der Waals surface area contributed by atoms with E-state index in [-0.39, 0.29) is 24.8 Å². The van der Waals surface area contributed by atoms with Crippen molar-refractivity contribution in [3.05, 3.63) is 22.1 Å². The standard InChI is InChI=1S/C14H18N4O3S2/c1-8(2)10-5-15-13(23-10)17-11(19)4-9-7-22-14(16-9)18-12(20)6-21-3/h5,7-8H,4,6H2,1-3H3,(H,15,17,19)(H,16,18,20). The highest BCUT2D eigenvalue weighted by Crippen LogP contribution is 2.25. The third-order valence-corrected chi connectivity index (χ3v) is 4.77. The quantitative estimate of drug-likeness (QED) is 0.797. The molecule has 0 atom stereocenters. The molecule has 0 aliphatic rings. The van der Waals surface area contributed by atoms with Gasteiger partial charge in [0.2, 0.25) is 5.91 Å². The van der Waals surface area contributed by atoms with E-state index in [1.54, 1.807) is 11.6 Å². The minimum Gasteiger partial charge on any atom is -0.375 e. The number of methoxy groups -OCH3 is 1. The van der Waals surface area contributed by atoms with Crippen LogP contribution in [-0.2, 0) is 20.7 Å².